The molecular weight excluding hydrogens is 379 g/mol. The van der Waals surface area contributed by atoms with E-state index in [1.807, 2.05) is 41.5 Å². The number of rotatable bonds is 6. The van der Waals surface area contributed by atoms with Crippen LogP contribution in [0, 0.1) is 5.92 Å². The molecule has 3 rings (SSSR count). The molecule has 2 fully saturated rings. The fraction of sp³-hybridized carbons (Fsp3) is 0.667. The topological polar surface area (TPSA) is 56.8 Å². The first kappa shape index (κ1) is 22.0. The fourth-order valence-electron chi connectivity index (χ4n) is 3.25. The zero-order valence-electron chi connectivity index (χ0n) is 18.0. The minimum atomic E-state index is -2.68. The van der Waals surface area contributed by atoms with E-state index in [4.69, 9.17) is 14.0 Å². The average molecular weight is 409 g/mol. The van der Waals surface area contributed by atoms with Crippen LogP contribution in [0.15, 0.2) is 18.2 Å². The molecular formula is C21H30BF2NO4. The summed E-state index contributed by atoms with van der Waals surface area (Å²) in [5, 5.41) is 2.67. The molecule has 0 aromatic heterocycles. The maximum Gasteiger partial charge on any atom is 0.494 e. The summed E-state index contributed by atoms with van der Waals surface area (Å²) >= 11 is 0. The van der Waals surface area contributed by atoms with Gasteiger partial charge < -0.3 is 19.4 Å². The van der Waals surface area contributed by atoms with Gasteiger partial charge >= 0.3 is 7.12 Å². The number of hydrogen-bond donors (Lipinski definition) is 1. The standard InChI is InChI=1S/C21H30BF2NO4/c1-13(2)12-27-17-9-14(22-28-19(3,4)20(5,6)29-22)7-8-16(17)18(26)25-15-10-21(23,24)11-15/h7-9,13,15H,10-12H2,1-6H3,(H,25,26). The normalized spacial score (nSPS) is 22.4. The summed E-state index contributed by atoms with van der Waals surface area (Å²) in [7, 11) is -0.580. The Morgan fingerprint density at radius 3 is 2.31 bits per heavy atom. The van der Waals surface area contributed by atoms with E-state index >= 15 is 0 Å². The Labute approximate surface area is 171 Å². The van der Waals surface area contributed by atoms with Crippen LogP contribution < -0.4 is 15.5 Å². The highest BCUT2D eigenvalue weighted by molar-refractivity contribution is 6.62. The van der Waals surface area contributed by atoms with Crippen molar-refractivity contribution in [1.82, 2.24) is 5.32 Å². The third-order valence-corrected chi connectivity index (χ3v) is 5.77. The number of benzene rings is 1. The predicted molar refractivity (Wildman–Crippen MR) is 108 cm³/mol. The molecule has 1 aliphatic heterocycles. The zero-order valence-corrected chi connectivity index (χ0v) is 18.0. The summed E-state index contributed by atoms with van der Waals surface area (Å²) in [5.74, 6) is -2.44. The van der Waals surface area contributed by atoms with Gasteiger partial charge in [-0.15, -0.1) is 0 Å². The minimum absolute atomic E-state index is 0.261. The van der Waals surface area contributed by atoms with Crippen LogP contribution in [0.5, 0.6) is 5.75 Å². The lowest BCUT2D eigenvalue weighted by Crippen LogP contribution is -2.50. The van der Waals surface area contributed by atoms with Crippen molar-refractivity contribution in [2.24, 2.45) is 5.92 Å². The van der Waals surface area contributed by atoms with Gasteiger partial charge in [0.25, 0.3) is 11.8 Å². The second kappa shape index (κ2) is 7.54. The molecule has 0 bridgehead atoms. The maximum absolute atomic E-state index is 13.1. The first-order chi connectivity index (χ1) is 13.3. The van der Waals surface area contributed by atoms with Crippen molar-refractivity contribution in [2.75, 3.05) is 6.61 Å². The zero-order chi connectivity index (χ0) is 21.6. The van der Waals surface area contributed by atoms with Gasteiger partial charge in [0.05, 0.1) is 23.4 Å². The van der Waals surface area contributed by atoms with Gasteiger partial charge in [0.2, 0.25) is 0 Å². The molecule has 1 aromatic rings. The number of alkyl halides is 2. The van der Waals surface area contributed by atoms with Crippen molar-refractivity contribution < 1.29 is 27.6 Å². The van der Waals surface area contributed by atoms with Gasteiger partial charge in [-0.25, -0.2) is 8.78 Å². The number of carbonyl (C=O) groups excluding carboxylic acids is 1. The highest BCUT2D eigenvalue weighted by Gasteiger charge is 2.52. The number of carbonyl (C=O) groups is 1. The second-order valence-electron chi connectivity index (χ2n) is 9.48. The van der Waals surface area contributed by atoms with Gasteiger partial charge in [0, 0.05) is 18.9 Å². The van der Waals surface area contributed by atoms with Gasteiger partial charge in [-0.2, -0.15) is 0 Å². The van der Waals surface area contributed by atoms with Gasteiger partial charge in [-0.1, -0.05) is 19.9 Å². The first-order valence-corrected chi connectivity index (χ1v) is 10.1. The number of nitrogens with one attached hydrogen (secondary N) is 1. The van der Waals surface area contributed by atoms with Crippen molar-refractivity contribution in [3.05, 3.63) is 23.8 Å². The molecule has 1 amide bonds. The number of halogens is 2. The van der Waals surface area contributed by atoms with Crippen LogP contribution in [0.4, 0.5) is 8.78 Å². The van der Waals surface area contributed by atoms with Gasteiger partial charge in [0.1, 0.15) is 5.75 Å². The van der Waals surface area contributed by atoms with Gasteiger partial charge in [0.15, 0.2) is 0 Å². The Bertz CT molecular complexity index is 758. The third kappa shape index (κ3) is 4.74. The molecule has 1 aromatic carbocycles. The summed E-state index contributed by atoms with van der Waals surface area (Å²) in [5.41, 5.74) is 0.0970. The molecule has 1 saturated heterocycles. The number of ether oxygens (including phenoxy) is 1. The lowest BCUT2D eigenvalue weighted by atomic mass is 9.78. The highest BCUT2D eigenvalue weighted by Crippen LogP contribution is 2.38. The summed E-state index contributed by atoms with van der Waals surface area (Å²) in [6.07, 6.45) is -0.653. The molecule has 8 heteroatoms. The Morgan fingerprint density at radius 2 is 1.79 bits per heavy atom. The van der Waals surface area contributed by atoms with E-state index in [1.165, 1.54) is 0 Å². The molecule has 29 heavy (non-hydrogen) atoms. The Kier molecular flexibility index (Phi) is 5.73. The molecule has 2 aliphatic rings. The molecule has 5 nitrogen and oxygen atoms in total. The SMILES string of the molecule is CC(C)COc1cc(B2OC(C)(C)C(C)(C)O2)ccc1C(=O)NC1CC(F)(F)C1. The van der Waals surface area contributed by atoms with Crippen LogP contribution in [0.2, 0.25) is 0 Å². The van der Waals surface area contributed by atoms with Crippen molar-refractivity contribution in [1.29, 1.82) is 0 Å². The van der Waals surface area contributed by atoms with Crippen LogP contribution in [-0.2, 0) is 9.31 Å². The smallest absolute Gasteiger partial charge is 0.493 e. The molecule has 1 aliphatic carbocycles. The van der Waals surface area contributed by atoms with E-state index < -0.39 is 36.2 Å². The van der Waals surface area contributed by atoms with Crippen molar-refractivity contribution in [2.45, 2.75) is 77.6 Å². The predicted octanol–water partition coefficient (Wildman–Crippen LogP) is 3.55. The summed E-state index contributed by atoms with van der Waals surface area (Å²) in [6, 6.07) is 4.63. The van der Waals surface area contributed by atoms with E-state index in [1.54, 1.807) is 18.2 Å². The largest absolute Gasteiger partial charge is 0.494 e. The van der Waals surface area contributed by atoms with Crippen LogP contribution >= 0.6 is 0 Å². The summed E-state index contributed by atoms with van der Waals surface area (Å²) in [4.78, 5) is 12.7. The maximum atomic E-state index is 13.1. The highest BCUT2D eigenvalue weighted by atomic mass is 19.3. The van der Waals surface area contributed by atoms with E-state index in [-0.39, 0.29) is 18.8 Å². The van der Waals surface area contributed by atoms with Gasteiger partial charge in [-0.05, 0) is 51.2 Å². The second-order valence-corrected chi connectivity index (χ2v) is 9.48. The van der Waals surface area contributed by atoms with E-state index in [2.05, 4.69) is 5.32 Å². The van der Waals surface area contributed by atoms with E-state index in [9.17, 15) is 13.6 Å². The summed E-state index contributed by atoms with van der Waals surface area (Å²) in [6.45, 7) is 12.3. The van der Waals surface area contributed by atoms with Crippen LogP contribution in [0.25, 0.3) is 0 Å². The fourth-order valence-corrected chi connectivity index (χ4v) is 3.25. The molecule has 0 atom stereocenters. The Hall–Kier alpha value is -1.67. The quantitative estimate of drug-likeness (QED) is 0.731. The Morgan fingerprint density at radius 1 is 1.21 bits per heavy atom. The Balaban J connectivity index is 1.81. The lowest BCUT2D eigenvalue weighted by Gasteiger charge is -2.35. The molecule has 1 saturated carbocycles. The van der Waals surface area contributed by atoms with Crippen molar-refractivity contribution in [3.8, 4) is 5.75 Å². The van der Waals surface area contributed by atoms with Crippen molar-refractivity contribution in [3.63, 3.8) is 0 Å². The van der Waals surface area contributed by atoms with Crippen LogP contribution in [-0.4, -0.2) is 42.8 Å². The molecule has 0 radical (unpaired) electrons. The monoisotopic (exact) mass is 409 g/mol. The lowest BCUT2D eigenvalue weighted by molar-refractivity contribution is -0.0901. The number of hydrogen-bond acceptors (Lipinski definition) is 4. The molecule has 1 N–H and O–H groups in total. The molecule has 0 unspecified atom stereocenters. The third-order valence-electron chi connectivity index (χ3n) is 5.77. The molecule has 1 heterocycles. The van der Waals surface area contributed by atoms with E-state index in [0.29, 0.717) is 17.9 Å². The average Bonchev–Trinajstić information content (AvgIpc) is 2.78. The minimum Gasteiger partial charge on any atom is -0.493 e. The van der Waals surface area contributed by atoms with Crippen LogP contribution in [0.1, 0.15) is 64.7 Å². The summed E-state index contributed by atoms with van der Waals surface area (Å²) < 4.78 is 44.2. The van der Waals surface area contributed by atoms with Crippen molar-refractivity contribution >= 4 is 18.5 Å². The first-order valence-electron chi connectivity index (χ1n) is 10.1. The molecule has 160 valence electrons. The molecule has 0 spiro atoms. The van der Waals surface area contributed by atoms with Gasteiger partial charge in [-0.3, -0.25) is 4.79 Å². The van der Waals surface area contributed by atoms with E-state index in [0.717, 1.165) is 5.46 Å². The number of amides is 1. The van der Waals surface area contributed by atoms with Crippen LogP contribution in [0.3, 0.4) is 0 Å².